The van der Waals surface area contributed by atoms with E-state index in [-0.39, 0.29) is 5.41 Å². The monoisotopic (exact) mass is 151 g/mol. The van der Waals surface area contributed by atoms with Gasteiger partial charge >= 0.3 is 0 Å². The molecular formula is C9H13NO. The van der Waals surface area contributed by atoms with Crippen LogP contribution in [0.2, 0.25) is 0 Å². The molecule has 1 rings (SSSR count). The van der Waals surface area contributed by atoms with E-state index in [9.17, 15) is 5.21 Å². The number of pyridine rings is 1. The molecule has 0 amide bonds. The van der Waals surface area contributed by atoms with Gasteiger partial charge in [0, 0.05) is 11.6 Å². The zero-order valence-corrected chi connectivity index (χ0v) is 7.16. The Hall–Kier alpha value is -1.05. The molecule has 0 aromatic carbocycles. The Bertz CT molecular complexity index is 250. The minimum absolute atomic E-state index is 0.0629. The van der Waals surface area contributed by atoms with Crippen molar-refractivity contribution in [3.8, 4) is 0 Å². The normalized spacial score (nSPS) is 11.5. The fraction of sp³-hybridized carbons (Fsp3) is 0.444. The van der Waals surface area contributed by atoms with Crippen molar-refractivity contribution in [3.63, 3.8) is 0 Å². The molecule has 0 aliphatic rings. The van der Waals surface area contributed by atoms with Crippen molar-refractivity contribution in [1.29, 1.82) is 0 Å². The molecule has 11 heavy (non-hydrogen) atoms. The van der Waals surface area contributed by atoms with E-state index in [1.807, 2.05) is 6.07 Å². The molecule has 0 unspecified atom stereocenters. The molecule has 0 bridgehead atoms. The molecule has 0 N–H and O–H groups in total. The van der Waals surface area contributed by atoms with Gasteiger partial charge in [-0.05, 0) is 11.5 Å². The summed E-state index contributed by atoms with van der Waals surface area (Å²) in [6.07, 6.45) is 3.11. The summed E-state index contributed by atoms with van der Waals surface area (Å²) in [4.78, 5) is 0. The average Bonchev–Trinajstić information content (AvgIpc) is 1.86. The van der Waals surface area contributed by atoms with Crippen LogP contribution in [0.4, 0.5) is 0 Å². The molecule has 0 atom stereocenters. The maximum atomic E-state index is 10.9. The Morgan fingerprint density at radius 1 is 1.36 bits per heavy atom. The molecule has 0 aliphatic heterocycles. The van der Waals surface area contributed by atoms with Crippen molar-refractivity contribution < 1.29 is 4.73 Å². The second-order valence-electron chi connectivity index (χ2n) is 3.70. The SMILES string of the molecule is CC(C)(C)c1ccc[n+]([O-])c1. The van der Waals surface area contributed by atoms with E-state index in [1.54, 1.807) is 12.3 Å². The first-order chi connectivity index (χ1) is 5.00. The van der Waals surface area contributed by atoms with Crippen LogP contribution in [0.25, 0.3) is 0 Å². The van der Waals surface area contributed by atoms with Crippen LogP contribution in [-0.2, 0) is 5.41 Å². The van der Waals surface area contributed by atoms with E-state index in [4.69, 9.17) is 0 Å². The molecule has 2 nitrogen and oxygen atoms in total. The first-order valence-electron chi connectivity index (χ1n) is 3.69. The first-order valence-corrected chi connectivity index (χ1v) is 3.69. The van der Waals surface area contributed by atoms with Crippen LogP contribution in [-0.4, -0.2) is 0 Å². The van der Waals surface area contributed by atoms with Crippen molar-refractivity contribution in [2.75, 3.05) is 0 Å². The van der Waals surface area contributed by atoms with Gasteiger partial charge in [-0.15, -0.1) is 0 Å². The molecule has 0 aliphatic carbocycles. The highest BCUT2D eigenvalue weighted by atomic mass is 16.5. The molecule has 60 valence electrons. The summed E-state index contributed by atoms with van der Waals surface area (Å²) >= 11 is 0. The second kappa shape index (κ2) is 2.53. The maximum Gasteiger partial charge on any atom is 0.184 e. The lowest BCUT2D eigenvalue weighted by molar-refractivity contribution is -0.606. The Morgan fingerprint density at radius 3 is 2.36 bits per heavy atom. The second-order valence-corrected chi connectivity index (χ2v) is 3.70. The Kier molecular flexibility index (Phi) is 1.85. The van der Waals surface area contributed by atoms with Gasteiger partial charge in [-0.1, -0.05) is 20.8 Å². The summed E-state index contributed by atoms with van der Waals surface area (Å²) in [5.74, 6) is 0. The molecular weight excluding hydrogens is 138 g/mol. The largest absolute Gasteiger partial charge is 0.619 e. The van der Waals surface area contributed by atoms with Crippen LogP contribution in [0.1, 0.15) is 26.3 Å². The van der Waals surface area contributed by atoms with Crippen molar-refractivity contribution >= 4 is 0 Å². The number of aromatic nitrogens is 1. The summed E-state index contributed by atoms with van der Waals surface area (Å²) in [7, 11) is 0. The lowest BCUT2D eigenvalue weighted by Crippen LogP contribution is -2.27. The average molecular weight is 151 g/mol. The van der Waals surface area contributed by atoms with Crippen LogP contribution in [0, 0.1) is 5.21 Å². The summed E-state index contributed by atoms with van der Waals surface area (Å²) in [6.45, 7) is 6.26. The zero-order valence-electron chi connectivity index (χ0n) is 7.16. The number of hydrogen-bond donors (Lipinski definition) is 0. The smallest absolute Gasteiger partial charge is 0.184 e. The van der Waals surface area contributed by atoms with Crippen molar-refractivity contribution in [1.82, 2.24) is 0 Å². The van der Waals surface area contributed by atoms with Gasteiger partial charge in [-0.25, -0.2) is 0 Å². The van der Waals surface area contributed by atoms with E-state index >= 15 is 0 Å². The Morgan fingerprint density at radius 2 is 2.00 bits per heavy atom. The molecule has 2 heteroatoms. The maximum absolute atomic E-state index is 10.9. The number of hydrogen-bond acceptors (Lipinski definition) is 1. The van der Waals surface area contributed by atoms with Gasteiger partial charge in [-0.2, -0.15) is 4.73 Å². The molecule has 0 radical (unpaired) electrons. The summed E-state index contributed by atoms with van der Waals surface area (Å²) in [5, 5.41) is 10.9. The highest BCUT2D eigenvalue weighted by Gasteiger charge is 2.15. The third kappa shape index (κ3) is 1.93. The van der Waals surface area contributed by atoms with Crippen molar-refractivity contribution in [2.24, 2.45) is 0 Å². The van der Waals surface area contributed by atoms with E-state index in [1.165, 1.54) is 6.20 Å². The van der Waals surface area contributed by atoms with Gasteiger partial charge in [0.25, 0.3) is 0 Å². The zero-order chi connectivity index (χ0) is 8.48. The van der Waals surface area contributed by atoms with Gasteiger partial charge in [0.1, 0.15) is 0 Å². The molecule has 1 aromatic heterocycles. The highest BCUT2D eigenvalue weighted by molar-refractivity contribution is 5.15. The predicted octanol–water partition coefficient (Wildman–Crippen LogP) is 1.62. The van der Waals surface area contributed by atoms with Crippen LogP contribution in [0.3, 0.4) is 0 Å². The van der Waals surface area contributed by atoms with E-state index < -0.39 is 0 Å². The topological polar surface area (TPSA) is 26.9 Å². The summed E-state index contributed by atoms with van der Waals surface area (Å²) < 4.78 is 0.834. The third-order valence-corrected chi connectivity index (χ3v) is 1.64. The predicted molar refractivity (Wildman–Crippen MR) is 44.1 cm³/mol. The minimum Gasteiger partial charge on any atom is -0.619 e. The molecule has 0 fully saturated rings. The standard InChI is InChI=1S/C9H13NO/c1-9(2,3)8-5-4-6-10(11)7-8/h4-7H,1-3H3. The molecule has 0 saturated heterocycles. The molecule has 0 saturated carbocycles. The van der Waals surface area contributed by atoms with E-state index in [0.29, 0.717) is 0 Å². The van der Waals surface area contributed by atoms with Crippen molar-refractivity contribution in [2.45, 2.75) is 26.2 Å². The molecule has 1 heterocycles. The van der Waals surface area contributed by atoms with Gasteiger partial charge in [0.2, 0.25) is 0 Å². The third-order valence-electron chi connectivity index (χ3n) is 1.64. The lowest BCUT2D eigenvalue weighted by Gasteiger charge is -2.16. The van der Waals surface area contributed by atoms with Crippen LogP contribution < -0.4 is 4.73 Å². The number of rotatable bonds is 0. The first kappa shape index (κ1) is 8.05. The summed E-state index contributed by atoms with van der Waals surface area (Å²) in [5.41, 5.74) is 1.13. The highest BCUT2D eigenvalue weighted by Crippen LogP contribution is 2.19. The van der Waals surface area contributed by atoms with Crippen LogP contribution in [0.5, 0.6) is 0 Å². The fourth-order valence-corrected chi connectivity index (χ4v) is 0.898. The van der Waals surface area contributed by atoms with Gasteiger partial charge in [0.15, 0.2) is 12.4 Å². The van der Waals surface area contributed by atoms with E-state index in [2.05, 4.69) is 20.8 Å². The van der Waals surface area contributed by atoms with Crippen LogP contribution >= 0.6 is 0 Å². The van der Waals surface area contributed by atoms with Gasteiger partial charge in [0.05, 0.1) is 0 Å². The molecule has 1 aromatic rings. The Labute approximate surface area is 67.1 Å². The van der Waals surface area contributed by atoms with Crippen LogP contribution in [0.15, 0.2) is 24.5 Å². The quantitative estimate of drug-likeness (QED) is 0.409. The van der Waals surface area contributed by atoms with Gasteiger partial charge < -0.3 is 5.21 Å². The lowest BCUT2D eigenvalue weighted by atomic mass is 9.88. The van der Waals surface area contributed by atoms with Gasteiger partial charge in [-0.3, -0.25) is 0 Å². The number of nitrogens with zero attached hydrogens (tertiary/aromatic N) is 1. The van der Waals surface area contributed by atoms with Crippen molar-refractivity contribution in [3.05, 3.63) is 35.3 Å². The minimum atomic E-state index is 0.0629. The van der Waals surface area contributed by atoms with E-state index in [0.717, 1.165) is 10.3 Å². The fourth-order valence-electron chi connectivity index (χ4n) is 0.898. The summed E-state index contributed by atoms with van der Waals surface area (Å²) in [6, 6.07) is 3.74. The Balaban J connectivity index is 3.06. The molecule has 0 spiro atoms.